The molecule has 0 amide bonds. The summed E-state index contributed by atoms with van der Waals surface area (Å²) in [5.74, 6) is -7.13. The standard InChI is InChI=1S/C45H22F6I3N3O/c1-21-36(46)39(49)35(42(52)37(21)47)25-16-24(34-38(48)41(51)44(54)43(53)40(34)50)17-27(18-25)57-31-13-11-22(20-55-26-7-3-2-4-8-26)15-28(31)29-19-23(12-14-32(29)57)45-56-30-9-5-6-10-33(30)58-45/h2-20H,1H3. The van der Waals surface area contributed by atoms with Gasteiger partial charge in [-0.15, -0.1) is 0 Å². The number of hydrogen-bond acceptors (Lipinski definition) is 3. The van der Waals surface area contributed by atoms with Crippen molar-refractivity contribution >= 4 is 113 Å². The highest BCUT2D eigenvalue weighted by Crippen LogP contribution is 2.43. The molecule has 0 saturated heterocycles. The van der Waals surface area contributed by atoms with Crippen LogP contribution in [0.2, 0.25) is 0 Å². The Labute approximate surface area is 367 Å². The molecular formula is C45H22F6I3N3O. The predicted octanol–water partition coefficient (Wildman–Crippen LogP) is 14.6. The molecule has 2 aromatic heterocycles. The number of para-hydroxylation sites is 3. The van der Waals surface area contributed by atoms with Gasteiger partial charge in [0.2, 0.25) is 5.89 Å². The van der Waals surface area contributed by atoms with Crippen molar-refractivity contribution in [3.05, 3.63) is 166 Å². The molecule has 0 atom stereocenters. The minimum absolute atomic E-state index is 0.0929. The molecule has 0 aliphatic carbocycles. The van der Waals surface area contributed by atoms with Crippen LogP contribution in [0.1, 0.15) is 11.1 Å². The Balaban J connectivity index is 1.35. The van der Waals surface area contributed by atoms with E-state index >= 15 is 26.3 Å². The predicted molar refractivity (Wildman–Crippen MR) is 241 cm³/mol. The monoisotopic (exact) mass is 1110 g/mol. The SMILES string of the molecule is Cc1c(F)c(F)c(-c2cc(-c3c(F)c(F)c(I)c(I)c3F)cc(-n3c4ccc(C=Nc5ccccc5)cc4c4cc(-c5nc6ccccc6o5)ccc43)c2)c(I)c1F. The molecule has 0 radical (unpaired) electrons. The first-order valence-corrected chi connectivity index (χ1v) is 20.7. The number of hydrogen-bond donors (Lipinski definition) is 0. The van der Waals surface area contributed by atoms with Crippen molar-refractivity contribution in [2.45, 2.75) is 6.92 Å². The van der Waals surface area contributed by atoms with Gasteiger partial charge in [-0.1, -0.05) is 36.4 Å². The molecule has 7 aromatic carbocycles. The van der Waals surface area contributed by atoms with Gasteiger partial charge in [0.1, 0.15) is 17.2 Å². The molecule has 286 valence electrons. The molecule has 13 heteroatoms. The van der Waals surface area contributed by atoms with E-state index in [9.17, 15) is 0 Å². The fourth-order valence-corrected chi connectivity index (χ4v) is 9.01. The molecule has 9 aromatic rings. The number of halogens is 9. The minimum Gasteiger partial charge on any atom is -0.436 e. The molecule has 0 fully saturated rings. The van der Waals surface area contributed by atoms with Gasteiger partial charge in [-0.2, -0.15) is 0 Å². The Hall–Kier alpha value is -4.75. The van der Waals surface area contributed by atoms with E-state index in [4.69, 9.17) is 4.42 Å². The number of fused-ring (bicyclic) bond motifs is 4. The van der Waals surface area contributed by atoms with Gasteiger partial charge in [0, 0.05) is 39.4 Å². The average Bonchev–Trinajstić information content (AvgIpc) is 3.82. The summed E-state index contributed by atoms with van der Waals surface area (Å²) in [6.45, 7) is 1.12. The molecular weight excluding hydrogens is 1090 g/mol. The maximum atomic E-state index is 16.1. The molecule has 0 N–H and O–H groups in total. The van der Waals surface area contributed by atoms with E-state index < -0.39 is 51.6 Å². The molecule has 58 heavy (non-hydrogen) atoms. The zero-order valence-electron chi connectivity index (χ0n) is 29.6. The van der Waals surface area contributed by atoms with Crippen molar-refractivity contribution < 1.29 is 30.8 Å². The highest BCUT2D eigenvalue weighted by Gasteiger charge is 2.28. The zero-order valence-corrected chi connectivity index (χ0v) is 36.1. The Bertz CT molecular complexity index is 3020. The van der Waals surface area contributed by atoms with E-state index in [1.807, 2.05) is 91.0 Å². The van der Waals surface area contributed by atoms with Crippen LogP contribution in [-0.4, -0.2) is 15.8 Å². The summed E-state index contributed by atoms with van der Waals surface area (Å²) in [6.07, 6.45) is 1.73. The molecule has 2 heterocycles. The first-order chi connectivity index (χ1) is 27.9. The number of nitrogens with zero attached hydrogens (tertiary/aromatic N) is 3. The van der Waals surface area contributed by atoms with E-state index in [2.05, 4.69) is 9.98 Å². The van der Waals surface area contributed by atoms with Gasteiger partial charge < -0.3 is 8.98 Å². The molecule has 0 saturated carbocycles. The third-order valence-corrected chi connectivity index (χ3v) is 14.0. The summed E-state index contributed by atoms with van der Waals surface area (Å²) >= 11 is 4.71. The lowest BCUT2D eigenvalue weighted by Crippen LogP contribution is -2.05. The fourth-order valence-electron chi connectivity index (χ4n) is 7.07. The lowest BCUT2D eigenvalue weighted by atomic mass is 9.95. The molecule has 4 nitrogen and oxygen atoms in total. The lowest BCUT2D eigenvalue weighted by Gasteiger charge is -2.17. The Morgan fingerprint density at radius 1 is 0.586 bits per heavy atom. The Morgan fingerprint density at radius 2 is 1.22 bits per heavy atom. The summed E-state index contributed by atoms with van der Waals surface area (Å²) in [5.41, 5.74) is 2.96. The number of aliphatic imine (C=N–C) groups is 1. The highest BCUT2D eigenvalue weighted by atomic mass is 127. The number of benzene rings is 7. The molecule has 9 rings (SSSR count). The van der Waals surface area contributed by atoms with Gasteiger partial charge in [-0.25, -0.2) is 31.3 Å². The lowest BCUT2D eigenvalue weighted by molar-refractivity contribution is 0.486. The van der Waals surface area contributed by atoms with Crippen LogP contribution >= 0.6 is 67.8 Å². The first-order valence-electron chi connectivity index (χ1n) is 17.4. The van der Waals surface area contributed by atoms with Crippen molar-refractivity contribution in [2.75, 3.05) is 0 Å². The van der Waals surface area contributed by atoms with Crippen molar-refractivity contribution in [1.29, 1.82) is 0 Å². The van der Waals surface area contributed by atoms with Crippen molar-refractivity contribution in [2.24, 2.45) is 4.99 Å². The van der Waals surface area contributed by atoms with Gasteiger partial charge in [0.15, 0.2) is 28.9 Å². The maximum absolute atomic E-state index is 16.1. The van der Waals surface area contributed by atoms with Crippen molar-refractivity contribution in [3.63, 3.8) is 0 Å². The second kappa shape index (κ2) is 15.1. The molecule has 0 aliphatic rings. The van der Waals surface area contributed by atoms with Gasteiger partial charge in [0.25, 0.3) is 0 Å². The quantitative estimate of drug-likeness (QED) is 0.0547. The van der Waals surface area contributed by atoms with Crippen molar-refractivity contribution in [3.8, 4) is 39.4 Å². The van der Waals surface area contributed by atoms with Gasteiger partial charge in [-0.3, -0.25) is 4.99 Å². The van der Waals surface area contributed by atoms with Crippen LogP contribution < -0.4 is 0 Å². The average molecular weight is 1120 g/mol. The molecule has 0 spiro atoms. The van der Waals surface area contributed by atoms with Crippen LogP contribution in [0, 0.1) is 52.5 Å². The first kappa shape index (κ1) is 38.8. The number of aromatic nitrogens is 2. The minimum atomic E-state index is -1.46. The third-order valence-electron chi connectivity index (χ3n) is 9.89. The second-order valence-corrected chi connectivity index (χ2v) is 16.6. The second-order valence-electron chi connectivity index (χ2n) is 13.4. The maximum Gasteiger partial charge on any atom is 0.227 e. The van der Waals surface area contributed by atoms with E-state index in [0.717, 1.165) is 28.9 Å². The fraction of sp³-hybridized carbons (Fsp3) is 0.0222. The van der Waals surface area contributed by atoms with E-state index in [-0.39, 0.29) is 27.5 Å². The van der Waals surface area contributed by atoms with Gasteiger partial charge in [0.05, 0.1) is 33.0 Å². The Kier molecular flexibility index (Phi) is 10.1. The largest absolute Gasteiger partial charge is 0.436 e. The Morgan fingerprint density at radius 3 is 1.97 bits per heavy atom. The van der Waals surface area contributed by atoms with E-state index in [0.29, 0.717) is 33.6 Å². The van der Waals surface area contributed by atoms with Crippen molar-refractivity contribution in [1.82, 2.24) is 9.55 Å². The number of rotatable bonds is 6. The van der Waals surface area contributed by atoms with Crippen LogP contribution in [0.3, 0.4) is 0 Å². The summed E-state index contributed by atoms with van der Waals surface area (Å²) in [4.78, 5) is 9.31. The van der Waals surface area contributed by atoms with Crippen LogP contribution in [0.15, 0.2) is 119 Å². The summed E-state index contributed by atoms with van der Waals surface area (Å²) < 4.78 is 101. The molecule has 0 bridgehead atoms. The smallest absolute Gasteiger partial charge is 0.227 e. The van der Waals surface area contributed by atoms with Gasteiger partial charge >= 0.3 is 0 Å². The van der Waals surface area contributed by atoms with E-state index in [1.165, 1.54) is 40.8 Å². The summed E-state index contributed by atoms with van der Waals surface area (Å²) in [5, 5.41) is 1.45. The van der Waals surface area contributed by atoms with E-state index in [1.54, 1.807) is 56.0 Å². The third kappa shape index (κ3) is 6.49. The van der Waals surface area contributed by atoms with Crippen LogP contribution in [0.5, 0.6) is 0 Å². The van der Waals surface area contributed by atoms with Crippen LogP contribution in [0.25, 0.3) is 72.3 Å². The van der Waals surface area contributed by atoms with Crippen LogP contribution in [-0.2, 0) is 0 Å². The normalized spacial score (nSPS) is 11.9. The molecule has 0 unspecified atom stereocenters. The number of oxazole rings is 1. The van der Waals surface area contributed by atoms with Gasteiger partial charge in [-0.05, 0) is 164 Å². The zero-order chi connectivity index (χ0) is 40.6. The highest BCUT2D eigenvalue weighted by molar-refractivity contribution is 14.1. The topological polar surface area (TPSA) is 43.3 Å². The molecule has 0 aliphatic heterocycles. The summed E-state index contributed by atoms with van der Waals surface area (Å²) in [7, 11) is 0. The van der Waals surface area contributed by atoms with Crippen LogP contribution in [0.4, 0.5) is 32.0 Å². The summed E-state index contributed by atoms with van der Waals surface area (Å²) in [6, 6.07) is 32.1.